The molecule has 104 valence electrons. The predicted octanol–water partition coefficient (Wildman–Crippen LogP) is 3.03. The summed E-state index contributed by atoms with van der Waals surface area (Å²) < 4.78 is 37.5. The van der Waals surface area contributed by atoms with Gasteiger partial charge in [-0.1, -0.05) is 36.4 Å². The topological polar surface area (TPSA) is 42.0 Å². The number of nitrogens with one attached hydrogen (secondary N) is 1. The lowest BCUT2D eigenvalue weighted by Crippen LogP contribution is -2.24. The average Bonchev–Trinajstić information content (AvgIpc) is 2.45. The molecule has 0 aliphatic carbocycles. The predicted molar refractivity (Wildman–Crippen MR) is 66.9 cm³/mol. The highest BCUT2D eigenvalue weighted by atomic mass is 19.4. The molecular weight excluding hydrogens is 269 g/mol. The van der Waals surface area contributed by atoms with E-state index < -0.39 is 17.8 Å². The van der Waals surface area contributed by atoms with Crippen LogP contribution in [0.1, 0.15) is 21.7 Å². The molecule has 0 aliphatic heterocycles. The smallest absolute Gasteiger partial charge is 0.347 e. The van der Waals surface area contributed by atoms with Gasteiger partial charge >= 0.3 is 6.18 Å². The molecule has 0 atom stereocenters. The number of carbonyl (C=O) groups excluding carboxylic acids is 1. The molecule has 3 nitrogen and oxygen atoms in total. The SMILES string of the molecule is O=C(NCc1ccccc1)c1cccc(C(F)(F)F)n1. The Morgan fingerprint density at radius 1 is 1.05 bits per heavy atom. The Hall–Kier alpha value is -2.37. The fraction of sp³-hybridized carbons (Fsp3) is 0.143. The first-order chi connectivity index (χ1) is 9.47. The van der Waals surface area contributed by atoms with Gasteiger partial charge in [-0.3, -0.25) is 4.79 Å². The molecule has 0 aliphatic rings. The van der Waals surface area contributed by atoms with Gasteiger partial charge in [0.1, 0.15) is 11.4 Å². The van der Waals surface area contributed by atoms with Gasteiger partial charge in [0.25, 0.3) is 5.91 Å². The van der Waals surface area contributed by atoms with Crippen LogP contribution >= 0.6 is 0 Å². The molecule has 0 bridgehead atoms. The Kier molecular flexibility index (Phi) is 4.02. The lowest BCUT2D eigenvalue weighted by molar-refractivity contribution is -0.141. The lowest BCUT2D eigenvalue weighted by Gasteiger charge is -2.08. The van der Waals surface area contributed by atoms with Crippen molar-refractivity contribution >= 4 is 5.91 Å². The van der Waals surface area contributed by atoms with Crippen molar-refractivity contribution in [1.29, 1.82) is 0 Å². The van der Waals surface area contributed by atoms with Gasteiger partial charge in [-0.2, -0.15) is 13.2 Å². The summed E-state index contributed by atoms with van der Waals surface area (Å²) in [6, 6.07) is 12.3. The van der Waals surface area contributed by atoms with E-state index in [2.05, 4.69) is 10.3 Å². The number of benzene rings is 1. The number of halogens is 3. The molecule has 0 saturated carbocycles. The third kappa shape index (κ3) is 3.57. The molecule has 0 unspecified atom stereocenters. The fourth-order valence-corrected chi connectivity index (χ4v) is 1.59. The number of carbonyl (C=O) groups is 1. The third-order valence-corrected chi connectivity index (χ3v) is 2.57. The van der Waals surface area contributed by atoms with Gasteiger partial charge in [-0.05, 0) is 17.7 Å². The second kappa shape index (κ2) is 5.73. The number of hydrogen-bond acceptors (Lipinski definition) is 2. The lowest BCUT2D eigenvalue weighted by atomic mass is 10.2. The highest BCUT2D eigenvalue weighted by Crippen LogP contribution is 2.27. The monoisotopic (exact) mass is 280 g/mol. The quantitative estimate of drug-likeness (QED) is 0.939. The molecule has 0 spiro atoms. The number of amides is 1. The Balaban J connectivity index is 2.06. The second-order valence-corrected chi connectivity index (χ2v) is 4.07. The van der Waals surface area contributed by atoms with E-state index in [-0.39, 0.29) is 12.2 Å². The minimum Gasteiger partial charge on any atom is -0.347 e. The summed E-state index contributed by atoms with van der Waals surface area (Å²) in [6.07, 6.45) is -4.56. The summed E-state index contributed by atoms with van der Waals surface area (Å²) in [5, 5.41) is 2.53. The molecule has 1 aromatic heterocycles. The van der Waals surface area contributed by atoms with E-state index in [1.165, 1.54) is 6.07 Å². The van der Waals surface area contributed by atoms with Gasteiger partial charge in [-0.25, -0.2) is 4.98 Å². The van der Waals surface area contributed by atoms with Crippen LogP contribution in [-0.4, -0.2) is 10.9 Å². The van der Waals surface area contributed by atoms with Crippen molar-refractivity contribution in [2.24, 2.45) is 0 Å². The van der Waals surface area contributed by atoms with Gasteiger partial charge < -0.3 is 5.32 Å². The summed E-state index contributed by atoms with van der Waals surface area (Å²) in [6.45, 7) is 0.234. The van der Waals surface area contributed by atoms with E-state index in [4.69, 9.17) is 0 Å². The zero-order valence-electron chi connectivity index (χ0n) is 10.3. The van der Waals surface area contributed by atoms with Crippen LogP contribution in [0.15, 0.2) is 48.5 Å². The number of nitrogens with zero attached hydrogens (tertiary/aromatic N) is 1. The zero-order valence-corrected chi connectivity index (χ0v) is 10.3. The van der Waals surface area contributed by atoms with E-state index in [0.717, 1.165) is 17.7 Å². The van der Waals surface area contributed by atoms with Crippen LogP contribution in [0.25, 0.3) is 0 Å². The van der Waals surface area contributed by atoms with Crippen molar-refractivity contribution in [3.8, 4) is 0 Å². The van der Waals surface area contributed by atoms with E-state index >= 15 is 0 Å². The van der Waals surface area contributed by atoms with Crippen LogP contribution in [0, 0.1) is 0 Å². The van der Waals surface area contributed by atoms with E-state index in [9.17, 15) is 18.0 Å². The maximum Gasteiger partial charge on any atom is 0.433 e. The maximum atomic E-state index is 12.5. The fourth-order valence-electron chi connectivity index (χ4n) is 1.59. The number of alkyl halides is 3. The molecule has 2 aromatic rings. The highest BCUT2D eigenvalue weighted by Gasteiger charge is 2.32. The Labute approximate surface area is 113 Å². The van der Waals surface area contributed by atoms with E-state index in [0.29, 0.717) is 0 Å². The highest BCUT2D eigenvalue weighted by molar-refractivity contribution is 5.92. The average molecular weight is 280 g/mol. The first-order valence-electron chi connectivity index (χ1n) is 5.83. The van der Waals surface area contributed by atoms with Crippen LogP contribution in [0.4, 0.5) is 13.2 Å². The summed E-state index contributed by atoms with van der Waals surface area (Å²) in [4.78, 5) is 15.1. The van der Waals surface area contributed by atoms with Gasteiger partial charge in [0.05, 0.1) is 0 Å². The van der Waals surface area contributed by atoms with Crippen LogP contribution in [0.3, 0.4) is 0 Å². The molecule has 0 saturated heterocycles. The largest absolute Gasteiger partial charge is 0.433 e. The molecule has 1 amide bonds. The van der Waals surface area contributed by atoms with Gasteiger partial charge in [-0.15, -0.1) is 0 Å². The standard InChI is InChI=1S/C14H11F3N2O/c15-14(16,17)12-8-4-7-11(19-12)13(20)18-9-10-5-2-1-3-6-10/h1-8H,9H2,(H,18,20). The van der Waals surface area contributed by atoms with E-state index in [1.54, 1.807) is 12.1 Å². The molecule has 2 rings (SSSR count). The number of pyridine rings is 1. The maximum absolute atomic E-state index is 12.5. The minimum absolute atomic E-state index is 0.234. The van der Waals surface area contributed by atoms with Gasteiger partial charge in [0.2, 0.25) is 0 Å². The first-order valence-corrected chi connectivity index (χ1v) is 5.83. The molecule has 0 radical (unpaired) electrons. The molecule has 20 heavy (non-hydrogen) atoms. The number of rotatable bonds is 3. The van der Waals surface area contributed by atoms with Crippen molar-refractivity contribution in [2.45, 2.75) is 12.7 Å². The summed E-state index contributed by atoms with van der Waals surface area (Å²) >= 11 is 0. The minimum atomic E-state index is -4.56. The number of aromatic nitrogens is 1. The summed E-state index contributed by atoms with van der Waals surface area (Å²) in [5.74, 6) is -0.639. The van der Waals surface area contributed by atoms with Crippen molar-refractivity contribution in [3.63, 3.8) is 0 Å². The van der Waals surface area contributed by atoms with E-state index in [1.807, 2.05) is 18.2 Å². The first kappa shape index (κ1) is 14.0. The Morgan fingerprint density at radius 3 is 2.40 bits per heavy atom. The molecule has 6 heteroatoms. The van der Waals surface area contributed by atoms with Gasteiger partial charge in [0.15, 0.2) is 0 Å². The van der Waals surface area contributed by atoms with Crippen LogP contribution < -0.4 is 5.32 Å². The van der Waals surface area contributed by atoms with Crippen LogP contribution in [-0.2, 0) is 12.7 Å². The molecular formula is C14H11F3N2O. The van der Waals surface area contributed by atoms with Crippen molar-refractivity contribution < 1.29 is 18.0 Å². The summed E-state index contributed by atoms with van der Waals surface area (Å²) in [5.41, 5.74) is -0.478. The molecule has 1 N–H and O–H groups in total. The Morgan fingerprint density at radius 2 is 1.75 bits per heavy atom. The van der Waals surface area contributed by atoms with Crippen molar-refractivity contribution in [2.75, 3.05) is 0 Å². The van der Waals surface area contributed by atoms with Gasteiger partial charge in [0, 0.05) is 6.54 Å². The second-order valence-electron chi connectivity index (χ2n) is 4.07. The van der Waals surface area contributed by atoms with Crippen molar-refractivity contribution in [1.82, 2.24) is 10.3 Å². The van der Waals surface area contributed by atoms with Crippen LogP contribution in [0.2, 0.25) is 0 Å². The normalized spacial score (nSPS) is 11.2. The number of hydrogen-bond donors (Lipinski definition) is 1. The Bertz CT molecular complexity index is 597. The summed E-state index contributed by atoms with van der Waals surface area (Å²) in [7, 11) is 0. The van der Waals surface area contributed by atoms with Crippen LogP contribution in [0.5, 0.6) is 0 Å². The molecule has 0 fully saturated rings. The van der Waals surface area contributed by atoms with Crippen molar-refractivity contribution in [3.05, 3.63) is 65.5 Å². The molecule has 1 aromatic carbocycles. The third-order valence-electron chi connectivity index (χ3n) is 2.57. The molecule has 1 heterocycles. The zero-order chi connectivity index (χ0) is 14.6.